The van der Waals surface area contributed by atoms with E-state index < -0.39 is 0 Å². The normalized spacial score (nSPS) is 46.8. The number of piperidine rings is 1. The van der Waals surface area contributed by atoms with Crippen LogP contribution >= 0.6 is 0 Å². The Hall–Kier alpha value is -1.81. The maximum atomic E-state index is 12.6. The largest absolute Gasteiger partial charge is 0.504 e. The van der Waals surface area contributed by atoms with Crippen molar-refractivity contribution in [2.45, 2.75) is 50.7 Å². The van der Waals surface area contributed by atoms with Crippen molar-refractivity contribution in [3.05, 3.63) is 35.4 Å². The molecule has 0 aromatic heterocycles. The molecule has 26 heavy (non-hydrogen) atoms. The van der Waals surface area contributed by atoms with Crippen LogP contribution in [0.5, 0.6) is 11.5 Å². The fraction of sp³-hybridized carbons (Fsp3) is 0.591. The lowest BCUT2D eigenvalue weighted by molar-refractivity contribution is -0.171. The van der Waals surface area contributed by atoms with Gasteiger partial charge in [-0.2, -0.15) is 0 Å². The van der Waals surface area contributed by atoms with E-state index in [4.69, 9.17) is 4.74 Å². The van der Waals surface area contributed by atoms with Gasteiger partial charge in [-0.25, -0.2) is 0 Å². The van der Waals surface area contributed by atoms with Crippen molar-refractivity contribution in [3.8, 4) is 11.5 Å². The molecule has 136 valence electrons. The minimum atomic E-state index is -0.311. The van der Waals surface area contributed by atoms with E-state index >= 15 is 0 Å². The van der Waals surface area contributed by atoms with Crippen molar-refractivity contribution >= 4 is 5.78 Å². The summed E-state index contributed by atoms with van der Waals surface area (Å²) in [6, 6.07) is 4.27. The third-order valence-electron chi connectivity index (χ3n) is 8.67. The Morgan fingerprint density at radius 1 is 1.35 bits per heavy atom. The van der Waals surface area contributed by atoms with Gasteiger partial charge in [0.1, 0.15) is 11.9 Å². The van der Waals surface area contributed by atoms with E-state index in [1.807, 2.05) is 0 Å². The van der Waals surface area contributed by atoms with E-state index in [1.54, 1.807) is 13.0 Å². The fourth-order valence-electron chi connectivity index (χ4n) is 7.61. The van der Waals surface area contributed by atoms with Crippen LogP contribution in [0.25, 0.3) is 0 Å². The number of hydrogen-bond acceptors (Lipinski definition) is 4. The van der Waals surface area contributed by atoms with Crippen LogP contribution in [0.4, 0.5) is 0 Å². The number of phenolic OH excluding ortho intramolecular Hbond substituents is 1. The molecule has 4 bridgehead atoms. The van der Waals surface area contributed by atoms with Gasteiger partial charge in [-0.15, -0.1) is 0 Å². The molecule has 4 aliphatic carbocycles. The number of likely N-dealkylation sites (tertiary alicyclic amines) is 1. The van der Waals surface area contributed by atoms with Gasteiger partial charge in [0.2, 0.25) is 0 Å². The molecule has 1 N–H and O–H groups in total. The maximum absolute atomic E-state index is 12.6. The monoisotopic (exact) mass is 351 g/mol. The molecular formula is C22H25NO3. The molecule has 2 heterocycles. The number of benzene rings is 1. The Morgan fingerprint density at radius 3 is 2.92 bits per heavy atom. The molecule has 2 spiro atoms. The predicted octanol–water partition coefficient (Wildman–Crippen LogP) is 2.82. The zero-order valence-corrected chi connectivity index (χ0v) is 15.6. The number of Topliss-reactive ketones (excluding diaryl/α,β-unsaturated/α-hetero) is 1. The van der Waals surface area contributed by atoms with Crippen molar-refractivity contribution in [1.82, 2.24) is 4.90 Å². The van der Waals surface area contributed by atoms with Crippen LogP contribution in [0.2, 0.25) is 0 Å². The number of nitrogens with zero attached hydrogens (tertiary/aromatic N) is 1. The highest BCUT2D eigenvalue weighted by atomic mass is 16.5. The maximum Gasteiger partial charge on any atom is 0.165 e. The van der Waals surface area contributed by atoms with Crippen molar-refractivity contribution in [2.75, 3.05) is 13.6 Å². The number of rotatable bonds is 1. The van der Waals surface area contributed by atoms with Gasteiger partial charge in [-0.3, -0.25) is 4.79 Å². The van der Waals surface area contributed by atoms with E-state index in [1.165, 1.54) is 11.1 Å². The Kier molecular flexibility index (Phi) is 2.46. The van der Waals surface area contributed by atoms with Gasteiger partial charge in [0.25, 0.3) is 0 Å². The number of phenols is 1. The second-order valence-corrected chi connectivity index (χ2v) is 9.47. The summed E-state index contributed by atoms with van der Waals surface area (Å²) in [5.41, 5.74) is 2.08. The van der Waals surface area contributed by atoms with E-state index in [0.717, 1.165) is 25.8 Å². The molecule has 0 radical (unpaired) electrons. The van der Waals surface area contributed by atoms with Crippen LogP contribution in [-0.4, -0.2) is 41.5 Å². The van der Waals surface area contributed by atoms with Gasteiger partial charge in [0.05, 0.1) is 0 Å². The van der Waals surface area contributed by atoms with Crippen molar-refractivity contribution in [2.24, 2.45) is 16.7 Å². The summed E-state index contributed by atoms with van der Waals surface area (Å²) in [6.45, 7) is 4.97. The van der Waals surface area contributed by atoms with Crippen molar-refractivity contribution in [1.29, 1.82) is 0 Å². The van der Waals surface area contributed by atoms with E-state index in [-0.39, 0.29) is 39.8 Å². The van der Waals surface area contributed by atoms with Gasteiger partial charge in [0.15, 0.2) is 11.5 Å². The van der Waals surface area contributed by atoms with Gasteiger partial charge in [0, 0.05) is 33.8 Å². The first-order chi connectivity index (χ1) is 12.3. The van der Waals surface area contributed by atoms with E-state index in [2.05, 4.69) is 37.1 Å². The number of aromatic hydroxyl groups is 1. The lowest BCUT2D eigenvalue weighted by atomic mass is 9.35. The first-order valence-electron chi connectivity index (χ1n) is 9.78. The van der Waals surface area contributed by atoms with Gasteiger partial charge in [-0.1, -0.05) is 25.1 Å². The molecule has 1 saturated heterocycles. The number of hydrogen-bond donors (Lipinski definition) is 1. The number of ketones is 1. The van der Waals surface area contributed by atoms with Gasteiger partial charge in [-0.05, 0) is 51.4 Å². The zero-order valence-electron chi connectivity index (χ0n) is 15.6. The topological polar surface area (TPSA) is 49.8 Å². The average Bonchev–Trinajstić information content (AvgIpc) is 2.98. The Balaban J connectivity index is 1.73. The first-order valence-corrected chi connectivity index (χ1v) is 9.78. The van der Waals surface area contributed by atoms with Crippen LogP contribution in [0.3, 0.4) is 0 Å². The minimum absolute atomic E-state index is 0.0161. The molecular weight excluding hydrogens is 326 g/mol. The third-order valence-corrected chi connectivity index (χ3v) is 8.67. The van der Waals surface area contributed by atoms with Crippen LogP contribution < -0.4 is 4.74 Å². The molecule has 1 saturated carbocycles. The Bertz CT molecular complexity index is 907. The summed E-state index contributed by atoms with van der Waals surface area (Å²) in [6.07, 6.45) is 7.54. The lowest BCUT2D eigenvalue weighted by Crippen LogP contribution is -2.76. The molecule has 6 aliphatic rings. The summed E-state index contributed by atoms with van der Waals surface area (Å²) in [5.74, 6) is 1.19. The molecule has 0 amide bonds. The quantitative estimate of drug-likeness (QED) is 0.791. The second kappa shape index (κ2) is 4.19. The Labute approximate surface area is 153 Å². The molecule has 6 atom stereocenters. The van der Waals surface area contributed by atoms with Crippen LogP contribution in [0, 0.1) is 16.7 Å². The summed E-state index contributed by atoms with van der Waals surface area (Å²) in [7, 11) is 2.22. The number of carbonyl (C=O) groups excluding carboxylic acids is 1. The number of ether oxygens (including phenoxy) is 1. The standard InChI is InChI=1S/C22H25NO3/c1-12(24)14-11-21-7-6-20(14,2)19-22(21)8-9-23(3)16(21)10-13-4-5-15(25)18(26-19)17(13)22/h4-7,14,16,19,25H,8-11H2,1-3H3/t14-,16-,19+,20+,21-,22+/m1/s1. The smallest absolute Gasteiger partial charge is 0.165 e. The summed E-state index contributed by atoms with van der Waals surface area (Å²) in [5, 5.41) is 10.6. The van der Waals surface area contributed by atoms with Gasteiger partial charge >= 0.3 is 0 Å². The molecule has 1 aromatic rings. The molecule has 4 nitrogen and oxygen atoms in total. The average molecular weight is 351 g/mol. The minimum Gasteiger partial charge on any atom is -0.504 e. The Morgan fingerprint density at radius 2 is 2.15 bits per heavy atom. The van der Waals surface area contributed by atoms with Crippen molar-refractivity contribution < 1.29 is 14.6 Å². The summed E-state index contributed by atoms with van der Waals surface area (Å²) >= 11 is 0. The highest BCUT2D eigenvalue weighted by molar-refractivity contribution is 5.81. The number of carbonyl (C=O) groups is 1. The lowest BCUT2D eigenvalue weighted by Gasteiger charge is -2.71. The third kappa shape index (κ3) is 1.28. The predicted molar refractivity (Wildman–Crippen MR) is 97.4 cm³/mol. The second-order valence-electron chi connectivity index (χ2n) is 9.47. The highest BCUT2D eigenvalue weighted by Crippen LogP contribution is 2.75. The van der Waals surface area contributed by atoms with Crippen LogP contribution in [-0.2, 0) is 16.6 Å². The summed E-state index contributed by atoms with van der Waals surface area (Å²) in [4.78, 5) is 15.1. The molecule has 1 aromatic carbocycles. The zero-order chi connectivity index (χ0) is 18.1. The highest BCUT2D eigenvalue weighted by Gasteiger charge is 2.77. The number of fused-ring (bicyclic) bond motifs is 1. The van der Waals surface area contributed by atoms with Crippen molar-refractivity contribution in [3.63, 3.8) is 0 Å². The molecule has 2 fully saturated rings. The van der Waals surface area contributed by atoms with E-state index in [0.29, 0.717) is 11.8 Å². The molecule has 7 rings (SSSR count). The molecule has 4 heteroatoms. The first kappa shape index (κ1) is 15.3. The van der Waals surface area contributed by atoms with E-state index in [9.17, 15) is 9.90 Å². The van der Waals surface area contributed by atoms with Crippen LogP contribution in [0.15, 0.2) is 24.3 Å². The SMILES string of the molecule is CC(=O)[C@H]1C[C@@]23C=C[C@]1(C)[C@@H]1Oc4c(O)ccc5c4[C@@]12CCN(C)[C@@H]3C5. The fourth-order valence-corrected chi connectivity index (χ4v) is 7.61. The van der Waals surface area contributed by atoms with Gasteiger partial charge < -0.3 is 14.7 Å². The van der Waals surface area contributed by atoms with Crippen LogP contribution in [0.1, 0.15) is 37.8 Å². The molecule has 0 unspecified atom stereocenters. The summed E-state index contributed by atoms with van der Waals surface area (Å²) < 4.78 is 6.58. The molecule has 2 aliphatic heterocycles. The number of likely N-dealkylation sites (N-methyl/N-ethyl adjacent to an activating group) is 1.